The number of hydrogen-bond donors (Lipinski definition) is 0. The van der Waals surface area contributed by atoms with E-state index in [1.54, 1.807) is 5.57 Å². The summed E-state index contributed by atoms with van der Waals surface area (Å²) in [5.41, 5.74) is 1.68. The van der Waals surface area contributed by atoms with Crippen LogP contribution in [0.1, 0.15) is 52.9 Å². The van der Waals surface area contributed by atoms with E-state index in [1.807, 2.05) is 0 Å². The first-order valence-corrected chi connectivity index (χ1v) is 6.39. The van der Waals surface area contributed by atoms with Gasteiger partial charge in [-0.2, -0.15) is 0 Å². The third-order valence-electron chi connectivity index (χ3n) is 4.61. The van der Waals surface area contributed by atoms with Crippen LogP contribution in [0.3, 0.4) is 0 Å². The largest absolute Gasteiger partial charge is 0.0847 e. The molecule has 4 unspecified atom stereocenters. The molecular weight excluding hydrogens is 168 g/mol. The normalized spacial score (nSPS) is 39.1. The van der Waals surface area contributed by atoms with E-state index >= 15 is 0 Å². The average Bonchev–Trinajstić information content (AvgIpc) is 2.58. The molecule has 1 fully saturated rings. The van der Waals surface area contributed by atoms with Crippen LogP contribution in [0, 0.1) is 23.7 Å². The van der Waals surface area contributed by atoms with E-state index in [2.05, 4.69) is 26.8 Å². The van der Waals surface area contributed by atoms with Crippen LogP contribution < -0.4 is 0 Å². The lowest BCUT2D eigenvalue weighted by atomic mass is 9.69. The second kappa shape index (κ2) is 4.08. The molecule has 2 aliphatic carbocycles. The lowest BCUT2D eigenvalue weighted by molar-refractivity contribution is 0.228. The SMILES string of the molecule is CCC(C1CCC(C)C1)C1CC=C1C. The van der Waals surface area contributed by atoms with Crippen LogP contribution in [0.2, 0.25) is 0 Å². The minimum absolute atomic E-state index is 0.954. The van der Waals surface area contributed by atoms with Crippen molar-refractivity contribution in [3.63, 3.8) is 0 Å². The number of hydrogen-bond acceptors (Lipinski definition) is 0. The quantitative estimate of drug-likeness (QED) is 0.581. The monoisotopic (exact) mass is 192 g/mol. The van der Waals surface area contributed by atoms with Crippen molar-refractivity contribution in [1.82, 2.24) is 0 Å². The maximum atomic E-state index is 2.43. The highest BCUT2D eigenvalue weighted by atomic mass is 14.4. The summed E-state index contributed by atoms with van der Waals surface area (Å²) in [6.07, 6.45) is 9.68. The van der Waals surface area contributed by atoms with Crippen molar-refractivity contribution in [2.75, 3.05) is 0 Å². The Morgan fingerprint density at radius 2 is 2.21 bits per heavy atom. The van der Waals surface area contributed by atoms with Gasteiger partial charge < -0.3 is 0 Å². The highest BCUT2D eigenvalue weighted by Gasteiger charge is 2.35. The third kappa shape index (κ3) is 1.76. The first-order chi connectivity index (χ1) is 6.72. The summed E-state index contributed by atoms with van der Waals surface area (Å²) in [7, 11) is 0. The summed E-state index contributed by atoms with van der Waals surface area (Å²) in [4.78, 5) is 0. The summed E-state index contributed by atoms with van der Waals surface area (Å²) in [6, 6.07) is 0. The van der Waals surface area contributed by atoms with Crippen LogP contribution in [-0.2, 0) is 0 Å². The second-order valence-electron chi connectivity index (χ2n) is 5.54. The highest BCUT2D eigenvalue weighted by molar-refractivity contribution is 5.17. The average molecular weight is 192 g/mol. The summed E-state index contributed by atoms with van der Waals surface area (Å²) in [6.45, 7) is 7.14. The first-order valence-electron chi connectivity index (χ1n) is 6.39. The molecule has 0 bridgehead atoms. The van der Waals surface area contributed by atoms with Gasteiger partial charge in [0.1, 0.15) is 0 Å². The predicted molar refractivity (Wildman–Crippen MR) is 62.2 cm³/mol. The van der Waals surface area contributed by atoms with E-state index < -0.39 is 0 Å². The Morgan fingerprint density at radius 3 is 2.57 bits per heavy atom. The molecule has 0 heterocycles. The topological polar surface area (TPSA) is 0 Å². The molecule has 80 valence electrons. The molecule has 0 saturated heterocycles. The van der Waals surface area contributed by atoms with Gasteiger partial charge in [0.25, 0.3) is 0 Å². The van der Waals surface area contributed by atoms with Crippen molar-refractivity contribution in [2.45, 2.75) is 52.9 Å². The van der Waals surface area contributed by atoms with Crippen LogP contribution in [0.5, 0.6) is 0 Å². The van der Waals surface area contributed by atoms with Gasteiger partial charge in [0.05, 0.1) is 0 Å². The summed E-state index contributed by atoms with van der Waals surface area (Å²) >= 11 is 0. The molecule has 14 heavy (non-hydrogen) atoms. The fourth-order valence-electron chi connectivity index (χ4n) is 3.59. The van der Waals surface area contributed by atoms with Crippen molar-refractivity contribution in [3.8, 4) is 0 Å². The van der Waals surface area contributed by atoms with Crippen LogP contribution in [0.25, 0.3) is 0 Å². The molecule has 0 N–H and O–H groups in total. The van der Waals surface area contributed by atoms with E-state index in [-0.39, 0.29) is 0 Å². The Balaban J connectivity index is 1.96. The Kier molecular flexibility index (Phi) is 2.99. The van der Waals surface area contributed by atoms with Gasteiger partial charge >= 0.3 is 0 Å². The molecule has 0 aromatic rings. The van der Waals surface area contributed by atoms with E-state index in [9.17, 15) is 0 Å². The van der Waals surface area contributed by atoms with Gasteiger partial charge in [0.15, 0.2) is 0 Å². The predicted octanol–water partition coefficient (Wildman–Crippen LogP) is 4.42. The molecule has 0 amide bonds. The zero-order valence-corrected chi connectivity index (χ0v) is 9.92. The van der Waals surface area contributed by atoms with Gasteiger partial charge in [0.2, 0.25) is 0 Å². The van der Waals surface area contributed by atoms with E-state index in [0.717, 1.165) is 23.7 Å². The molecule has 0 radical (unpaired) electrons. The molecular formula is C14H24. The Hall–Kier alpha value is -0.260. The van der Waals surface area contributed by atoms with Crippen molar-refractivity contribution in [3.05, 3.63) is 11.6 Å². The van der Waals surface area contributed by atoms with Crippen molar-refractivity contribution < 1.29 is 0 Å². The van der Waals surface area contributed by atoms with Crippen LogP contribution in [0.4, 0.5) is 0 Å². The Labute approximate surface area is 88.8 Å². The van der Waals surface area contributed by atoms with Crippen molar-refractivity contribution in [2.24, 2.45) is 23.7 Å². The summed E-state index contributed by atoms with van der Waals surface area (Å²) in [5, 5.41) is 0. The molecule has 0 aliphatic heterocycles. The van der Waals surface area contributed by atoms with E-state index in [4.69, 9.17) is 0 Å². The Morgan fingerprint density at radius 1 is 1.43 bits per heavy atom. The van der Waals surface area contributed by atoms with Crippen molar-refractivity contribution >= 4 is 0 Å². The van der Waals surface area contributed by atoms with Crippen molar-refractivity contribution in [1.29, 1.82) is 0 Å². The van der Waals surface area contributed by atoms with Crippen LogP contribution in [0.15, 0.2) is 11.6 Å². The lowest BCUT2D eigenvalue weighted by Crippen LogP contribution is -2.26. The second-order valence-corrected chi connectivity index (χ2v) is 5.54. The summed E-state index contributed by atoms with van der Waals surface area (Å²) in [5.74, 6) is 4.00. The summed E-state index contributed by atoms with van der Waals surface area (Å²) < 4.78 is 0. The van der Waals surface area contributed by atoms with Gasteiger partial charge in [-0.25, -0.2) is 0 Å². The van der Waals surface area contributed by atoms with Crippen LogP contribution in [-0.4, -0.2) is 0 Å². The van der Waals surface area contributed by atoms with E-state index in [1.165, 1.54) is 32.1 Å². The van der Waals surface area contributed by atoms with Gasteiger partial charge in [-0.3, -0.25) is 0 Å². The zero-order valence-electron chi connectivity index (χ0n) is 9.92. The molecule has 0 heteroatoms. The smallest absolute Gasteiger partial charge is 0.0140 e. The molecule has 4 atom stereocenters. The minimum atomic E-state index is 0.954. The number of allylic oxidation sites excluding steroid dienone is 2. The van der Waals surface area contributed by atoms with Crippen LogP contribution >= 0.6 is 0 Å². The zero-order chi connectivity index (χ0) is 10.1. The van der Waals surface area contributed by atoms with Gasteiger partial charge in [0, 0.05) is 0 Å². The molecule has 2 rings (SSSR count). The lowest BCUT2D eigenvalue weighted by Gasteiger charge is -2.36. The van der Waals surface area contributed by atoms with Gasteiger partial charge in [-0.15, -0.1) is 0 Å². The molecule has 0 aromatic carbocycles. The van der Waals surface area contributed by atoms with E-state index in [0.29, 0.717) is 0 Å². The molecule has 0 aromatic heterocycles. The standard InChI is InChI=1S/C14H24/c1-4-13(14-8-6-11(14)3)12-7-5-10(2)9-12/h6,10,12-14H,4-5,7-9H2,1-3H3. The minimum Gasteiger partial charge on any atom is -0.0847 e. The fourth-order valence-corrected chi connectivity index (χ4v) is 3.59. The highest BCUT2D eigenvalue weighted by Crippen LogP contribution is 2.45. The molecule has 1 saturated carbocycles. The third-order valence-corrected chi connectivity index (χ3v) is 4.61. The Bertz CT molecular complexity index is 226. The first kappa shape index (κ1) is 10.3. The molecule has 2 aliphatic rings. The van der Waals surface area contributed by atoms with Gasteiger partial charge in [-0.1, -0.05) is 38.3 Å². The molecule has 0 spiro atoms. The number of rotatable bonds is 3. The maximum absolute atomic E-state index is 2.43. The van der Waals surface area contributed by atoms with Gasteiger partial charge in [-0.05, 0) is 49.9 Å². The maximum Gasteiger partial charge on any atom is -0.0140 e. The molecule has 0 nitrogen and oxygen atoms in total. The fraction of sp³-hybridized carbons (Fsp3) is 0.857.